The molecule has 0 aliphatic rings. The van der Waals surface area contributed by atoms with Crippen LogP contribution in [0.1, 0.15) is 38.3 Å². The van der Waals surface area contributed by atoms with Gasteiger partial charge in [-0.3, -0.25) is 9.59 Å². The summed E-state index contributed by atoms with van der Waals surface area (Å²) in [4.78, 5) is 27.4. The minimum Gasteiger partial charge on any atom is -0.352 e. The molecule has 2 rings (SSSR count). The number of amides is 2. The molecule has 2 atom stereocenters. The van der Waals surface area contributed by atoms with Gasteiger partial charge >= 0.3 is 0 Å². The summed E-state index contributed by atoms with van der Waals surface area (Å²) in [6, 6.07) is 12.6. The lowest BCUT2D eigenvalue weighted by Crippen LogP contribution is -2.50. The fourth-order valence-electron chi connectivity index (χ4n) is 2.80. The second-order valence-corrected chi connectivity index (χ2v) is 10.1. The van der Waals surface area contributed by atoms with Crippen LogP contribution >= 0.6 is 50.9 Å². The third-order valence-electron chi connectivity index (χ3n) is 4.93. The van der Waals surface area contributed by atoms with E-state index in [1.807, 2.05) is 38.1 Å². The molecule has 0 fully saturated rings. The maximum Gasteiger partial charge on any atom is 0.242 e. The van der Waals surface area contributed by atoms with Gasteiger partial charge in [0.05, 0.1) is 5.75 Å². The van der Waals surface area contributed by atoms with Crippen LogP contribution in [0, 0.1) is 0 Å². The topological polar surface area (TPSA) is 49.4 Å². The Morgan fingerprint density at radius 3 is 2.42 bits per heavy atom. The van der Waals surface area contributed by atoms with E-state index < -0.39 is 6.04 Å². The molecule has 0 aliphatic carbocycles. The summed E-state index contributed by atoms with van der Waals surface area (Å²) in [7, 11) is 0. The van der Waals surface area contributed by atoms with Crippen molar-refractivity contribution in [2.24, 2.45) is 0 Å². The fourth-order valence-corrected chi connectivity index (χ4v) is 4.40. The van der Waals surface area contributed by atoms with Crippen molar-refractivity contribution in [3.05, 3.63) is 68.1 Å². The molecule has 2 amide bonds. The summed E-state index contributed by atoms with van der Waals surface area (Å²) in [6.07, 6.45) is 0.818. The van der Waals surface area contributed by atoms with Crippen LogP contribution in [0.3, 0.4) is 0 Å². The van der Waals surface area contributed by atoms with Gasteiger partial charge in [0.25, 0.3) is 0 Å². The molecule has 2 unspecified atom stereocenters. The molecule has 31 heavy (non-hydrogen) atoms. The van der Waals surface area contributed by atoms with Crippen LogP contribution in [-0.2, 0) is 21.9 Å². The molecule has 0 aliphatic heterocycles. The Bertz CT molecular complexity index is 896. The number of benzene rings is 2. The lowest BCUT2D eigenvalue weighted by atomic mass is 10.1. The summed E-state index contributed by atoms with van der Waals surface area (Å²) in [5, 5.41) is 3.96. The molecule has 0 radical (unpaired) electrons. The van der Waals surface area contributed by atoms with E-state index in [1.54, 1.807) is 30.0 Å². The molecular formula is C23H27BrCl2N2O2S. The molecule has 168 valence electrons. The summed E-state index contributed by atoms with van der Waals surface area (Å²) in [5.41, 5.74) is 1.89. The maximum atomic E-state index is 13.1. The van der Waals surface area contributed by atoms with Gasteiger partial charge < -0.3 is 10.2 Å². The van der Waals surface area contributed by atoms with Crippen molar-refractivity contribution in [3.63, 3.8) is 0 Å². The predicted molar refractivity (Wildman–Crippen MR) is 135 cm³/mol. The average molecular weight is 546 g/mol. The molecule has 0 saturated carbocycles. The molecule has 0 saturated heterocycles. The van der Waals surface area contributed by atoms with Gasteiger partial charge in [-0.1, -0.05) is 64.3 Å². The zero-order valence-electron chi connectivity index (χ0n) is 17.8. The van der Waals surface area contributed by atoms with E-state index in [0.29, 0.717) is 15.8 Å². The first-order chi connectivity index (χ1) is 14.7. The van der Waals surface area contributed by atoms with Crippen molar-refractivity contribution >= 4 is 62.7 Å². The molecule has 2 aromatic rings. The lowest BCUT2D eigenvalue weighted by molar-refractivity contribution is -0.138. The molecule has 4 nitrogen and oxygen atoms in total. The van der Waals surface area contributed by atoms with Gasteiger partial charge in [0.2, 0.25) is 11.8 Å². The Kier molecular flexibility index (Phi) is 10.7. The fraction of sp³-hybridized carbons (Fsp3) is 0.391. The van der Waals surface area contributed by atoms with Crippen LogP contribution in [0.5, 0.6) is 0 Å². The molecule has 1 N–H and O–H groups in total. The largest absolute Gasteiger partial charge is 0.352 e. The van der Waals surface area contributed by atoms with E-state index in [2.05, 4.69) is 21.2 Å². The van der Waals surface area contributed by atoms with Crippen LogP contribution in [0.25, 0.3) is 0 Å². The number of carbonyl (C=O) groups is 2. The van der Waals surface area contributed by atoms with E-state index in [0.717, 1.165) is 22.0 Å². The van der Waals surface area contributed by atoms with Crippen molar-refractivity contribution in [2.45, 2.75) is 51.6 Å². The number of nitrogens with zero attached hydrogens (tertiary/aromatic N) is 1. The molecular weight excluding hydrogens is 519 g/mol. The van der Waals surface area contributed by atoms with Crippen molar-refractivity contribution in [2.75, 3.05) is 5.75 Å². The van der Waals surface area contributed by atoms with Gasteiger partial charge in [0, 0.05) is 32.9 Å². The highest BCUT2D eigenvalue weighted by atomic mass is 79.9. The highest BCUT2D eigenvalue weighted by Gasteiger charge is 2.27. The van der Waals surface area contributed by atoms with E-state index in [9.17, 15) is 9.59 Å². The number of hydrogen-bond acceptors (Lipinski definition) is 3. The number of carbonyl (C=O) groups excluding carboxylic acids is 2. The Hall–Kier alpha value is -1.21. The molecule has 2 aromatic carbocycles. The van der Waals surface area contributed by atoms with Crippen molar-refractivity contribution in [1.82, 2.24) is 10.2 Å². The van der Waals surface area contributed by atoms with E-state index in [-0.39, 0.29) is 30.2 Å². The number of halogens is 3. The second kappa shape index (κ2) is 12.7. The first kappa shape index (κ1) is 26.0. The number of nitrogens with one attached hydrogen (secondary N) is 1. The Morgan fingerprint density at radius 1 is 1.13 bits per heavy atom. The lowest BCUT2D eigenvalue weighted by Gasteiger charge is -2.30. The maximum absolute atomic E-state index is 13.1. The van der Waals surface area contributed by atoms with Crippen LogP contribution in [0.2, 0.25) is 10.0 Å². The van der Waals surface area contributed by atoms with E-state index >= 15 is 0 Å². The Morgan fingerprint density at radius 2 is 1.81 bits per heavy atom. The normalized spacial score (nSPS) is 12.8. The first-order valence-corrected chi connectivity index (χ1v) is 12.8. The summed E-state index contributed by atoms with van der Waals surface area (Å²) in [6.45, 7) is 5.94. The molecule has 0 heterocycles. The monoisotopic (exact) mass is 544 g/mol. The zero-order valence-corrected chi connectivity index (χ0v) is 21.7. The highest BCUT2D eigenvalue weighted by Crippen LogP contribution is 2.24. The van der Waals surface area contributed by atoms with Gasteiger partial charge in [-0.15, -0.1) is 11.8 Å². The van der Waals surface area contributed by atoms with Gasteiger partial charge in [0.15, 0.2) is 0 Å². The second-order valence-electron chi connectivity index (χ2n) is 7.37. The van der Waals surface area contributed by atoms with Gasteiger partial charge in [-0.05, 0) is 55.7 Å². The van der Waals surface area contributed by atoms with E-state index in [1.165, 1.54) is 11.8 Å². The minimum absolute atomic E-state index is 0.0396. The first-order valence-electron chi connectivity index (χ1n) is 10.1. The average Bonchev–Trinajstić information content (AvgIpc) is 2.73. The van der Waals surface area contributed by atoms with Gasteiger partial charge in [-0.2, -0.15) is 0 Å². The summed E-state index contributed by atoms with van der Waals surface area (Å²) in [5.74, 6) is 0.690. The predicted octanol–water partition coefficient (Wildman–Crippen LogP) is 6.32. The molecule has 8 heteroatoms. The highest BCUT2D eigenvalue weighted by molar-refractivity contribution is 9.10. The Labute approximate surface area is 207 Å². The van der Waals surface area contributed by atoms with Crippen LogP contribution in [-0.4, -0.2) is 34.6 Å². The van der Waals surface area contributed by atoms with Crippen LogP contribution < -0.4 is 5.32 Å². The number of thioether (sulfide) groups is 1. The smallest absolute Gasteiger partial charge is 0.242 e. The van der Waals surface area contributed by atoms with Gasteiger partial charge in [0.1, 0.15) is 6.04 Å². The SMILES string of the molecule is CCC(C)NC(=O)C(C)N(Cc1ccc(Cl)cc1Cl)C(=O)CSCc1ccc(Br)cc1. The number of hydrogen-bond donors (Lipinski definition) is 1. The standard InChI is InChI=1S/C23H27BrCl2N2O2S/c1-4-15(2)27-23(30)16(3)28(12-18-7-10-20(25)11-21(18)26)22(29)14-31-13-17-5-8-19(24)9-6-17/h5-11,15-16H,4,12-14H2,1-3H3,(H,27,30). The van der Waals surface area contributed by atoms with Crippen LogP contribution in [0.4, 0.5) is 0 Å². The molecule has 0 bridgehead atoms. The minimum atomic E-state index is -0.624. The molecule has 0 aromatic heterocycles. The summed E-state index contributed by atoms with van der Waals surface area (Å²) >= 11 is 17.3. The quantitative estimate of drug-likeness (QED) is 0.380. The Balaban J connectivity index is 2.11. The van der Waals surface area contributed by atoms with Crippen LogP contribution in [0.15, 0.2) is 46.9 Å². The third kappa shape index (κ3) is 8.33. The van der Waals surface area contributed by atoms with Crippen molar-refractivity contribution in [1.29, 1.82) is 0 Å². The van der Waals surface area contributed by atoms with Gasteiger partial charge in [-0.25, -0.2) is 0 Å². The van der Waals surface area contributed by atoms with E-state index in [4.69, 9.17) is 23.2 Å². The van der Waals surface area contributed by atoms with Crippen molar-refractivity contribution in [3.8, 4) is 0 Å². The van der Waals surface area contributed by atoms with Crippen molar-refractivity contribution < 1.29 is 9.59 Å². The number of rotatable bonds is 10. The molecule has 0 spiro atoms. The summed E-state index contributed by atoms with van der Waals surface area (Å²) < 4.78 is 1.02. The third-order valence-corrected chi connectivity index (χ3v) is 7.04. The zero-order chi connectivity index (χ0) is 23.0.